The summed E-state index contributed by atoms with van der Waals surface area (Å²) < 4.78 is 27.4. The second-order valence-corrected chi connectivity index (χ2v) is 10.6. The van der Waals surface area contributed by atoms with Crippen LogP contribution in [-0.4, -0.2) is 30.7 Å². The van der Waals surface area contributed by atoms with Crippen LogP contribution in [0.15, 0.2) is 42.5 Å². The second-order valence-electron chi connectivity index (χ2n) is 10.6. The van der Waals surface area contributed by atoms with Crippen molar-refractivity contribution in [2.24, 2.45) is 5.92 Å². The first-order valence-corrected chi connectivity index (χ1v) is 12.2. The van der Waals surface area contributed by atoms with Gasteiger partial charge >= 0.3 is 0 Å². The summed E-state index contributed by atoms with van der Waals surface area (Å²) in [6.45, 7) is 6.79. The number of carbonyl (C=O) groups excluding carboxylic acids is 1. The van der Waals surface area contributed by atoms with Crippen LogP contribution < -0.4 is 10.6 Å². The van der Waals surface area contributed by atoms with Gasteiger partial charge in [0, 0.05) is 25.2 Å². The molecule has 4 nitrogen and oxygen atoms in total. The summed E-state index contributed by atoms with van der Waals surface area (Å²) in [5, 5.41) is 17.3. The third kappa shape index (κ3) is 6.42. The van der Waals surface area contributed by atoms with Gasteiger partial charge in [0.25, 0.3) is 0 Å². The largest absolute Gasteiger partial charge is 0.391 e. The number of amides is 1. The molecular weight excluding hydrogens is 434 g/mol. The van der Waals surface area contributed by atoms with Crippen molar-refractivity contribution in [2.75, 3.05) is 13.6 Å². The number of rotatable bonds is 8. The molecule has 2 aromatic carbocycles. The number of carbonyl (C=O) groups is 1. The van der Waals surface area contributed by atoms with Gasteiger partial charge in [-0.05, 0) is 53.5 Å². The Morgan fingerprint density at radius 1 is 1.06 bits per heavy atom. The maximum atomic E-state index is 13.7. The second kappa shape index (κ2) is 11.0. The summed E-state index contributed by atoms with van der Waals surface area (Å²) in [6, 6.07) is 11.9. The Morgan fingerprint density at radius 2 is 1.71 bits per heavy atom. The lowest BCUT2D eigenvalue weighted by molar-refractivity contribution is -0.128. The van der Waals surface area contributed by atoms with Crippen molar-refractivity contribution in [1.29, 1.82) is 0 Å². The van der Waals surface area contributed by atoms with E-state index in [4.69, 9.17) is 0 Å². The Balaban J connectivity index is 1.82. The van der Waals surface area contributed by atoms with Gasteiger partial charge in [0.05, 0.1) is 12.0 Å². The Hall–Kier alpha value is -2.31. The zero-order valence-corrected chi connectivity index (χ0v) is 20.8. The van der Waals surface area contributed by atoms with Gasteiger partial charge in [0.15, 0.2) is 0 Å². The molecular formula is C28H38F2N2O2. The Labute approximate surface area is 202 Å². The molecule has 0 aromatic heterocycles. The monoisotopic (exact) mass is 472 g/mol. The van der Waals surface area contributed by atoms with Crippen LogP contribution in [0.2, 0.25) is 0 Å². The maximum Gasteiger partial charge on any atom is 0.225 e. The lowest BCUT2D eigenvalue weighted by Gasteiger charge is -2.40. The highest BCUT2D eigenvalue weighted by Gasteiger charge is 2.36. The molecule has 0 saturated heterocycles. The van der Waals surface area contributed by atoms with Crippen LogP contribution in [0.4, 0.5) is 8.78 Å². The topological polar surface area (TPSA) is 61.4 Å². The molecule has 0 radical (unpaired) electrons. The van der Waals surface area contributed by atoms with Crippen molar-refractivity contribution >= 4 is 5.91 Å². The van der Waals surface area contributed by atoms with Gasteiger partial charge in [0.1, 0.15) is 11.6 Å². The molecule has 3 rings (SSSR count). The van der Waals surface area contributed by atoms with Crippen LogP contribution in [-0.2, 0) is 22.2 Å². The van der Waals surface area contributed by atoms with E-state index in [1.54, 1.807) is 0 Å². The number of halogens is 2. The smallest absolute Gasteiger partial charge is 0.225 e. The lowest BCUT2D eigenvalue weighted by Crippen LogP contribution is -2.50. The van der Waals surface area contributed by atoms with Crippen LogP contribution in [0.25, 0.3) is 0 Å². The van der Waals surface area contributed by atoms with E-state index in [0.717, 1.165) is 31.7 Å². The van der Waals surface area contributed by atoms with E-state index in [2.05, 4.69) is 55.7 Å². The van der Waals surface area contributed by atoms with Crippen molar-refractivity contribution in [3.05, 3.63) is 70.8 Å². The SMILES string of the molecule is CNC(=O)C(Cc1cc(F)cc(F)c1)C(O)CNC1(c2cccc(C(C)(C)C)c2)CCCCC1. The van der Waals surface area contributed by atoms with Crippen molar-refractivity contribution in [3.63, 3.8) is 0 Å². The summed E-state index contributed by atoms with van der Waals surface area (Å²) in [7, 11) is 1.50. The molecule has 2 aromatic rings. The molecule has 1 fully saturated rings. The van der Waals surface area contributed by atoms with E-state index in [-0.39, 0.29) is 29.8 Å². The van der Waals surface area contributed by atoms with Crippen LogP contribution in [0.3, 0.4) is 0 Å². The van der Waals surface area contributed by atoms with Gasteiger partial charge in [-0.15, -0.1) is 0 Å². The number of hydrogen-bond donors (Lipinski definition) is 3. The van der Waals surface area contributed by atoms with Gasteiger partial charge in [-0.1, -0.05) is 64.3 Å². The molecule has 6 heteroatoms. The zero-order chi connectivity index (χ0) is 24.9. The molecule has 2 unspecified atom stereocenters. The Morgan fingerprint density at radius 3 is 2.29 bits per heavy atom. The van der Waals surface area contributed by atoms with Gasteiger partial charge in [-0.2, -0.15) is 0 Å². The minimum atomic E-state index is -1.02. The zero-order valence-electron chi connectivity index (χ0n) is 20.8. The van der Waals surface area contributed by atoms with Gasteiger partial charge in [-0.3, -0.25) is 4.79 Å². The fraction of sp³-hybridized carbons (Fsp3) is 0.536. The Kier molecular flexibility index (Phi) is 8.47. The molecule has 0 bridgehead atoms. The number of hydrogen-bond acceptors (Lipinski definition) is 3. The van der Waals surface area contributed by atoms with Crippen LogP contribution in [0, 0.1) is 17.6 Å². The van der Waals surface area contributed by atoms with E-state index < -0.39 is 23.7 Å². The summed E-state index contributed by atoms with van der Waals surface area (Å²) in [6.07, 6.45) is 4.28. The molecule has 1 amide bonds. The normalized spacial score (nSPS) is 17.7. The minimum Gasteiger partial charge on any atom is -0.391 e. The summed E-state index contributed by atoms with van der Waals surface area (Å²) in [5.74, 6) is -2.58. The molecule has 186 valence electrons. The quantitative estimate of drug-likeness (QED) is 0.508. The summed E-state index contributed by atoms with van der Waals surface area (Å²) in [4.78, 5) is 12.6. The molecule has 0 spiro atoms. The summed E-state index contributed by atoms with van der Waals surface area (Å²) >= 11 is 0. The highest BCUT2D eigenvalue weighted by Crippen LogP contribution is 2.38. The average molecular weight is 473 g/mol. The fourth-order valence-corrected chi connectivity index (χ4v) is 5.02. The highest BCUT2D eigenvalue weighted by atomic mass is 19.1. The van der Waals surface area contributed by atoms with Crippen molar-refractivity contribution < 1.29 is 18.7 Å². The number of aliphatic hydroxyl groups excluding tert-OH is 1. The number of aliphatic hydroxyl groups is 1. The number of benzene rings is 2. The number of nitrogens with one attached hydrogen (secondary N) is 2. The predicted octanol–water partition coefficient (Wildman–Crippen LogP) is 4.98. The van der Waals surface area contributed by atoms with E-state index in [1.807, 2.05) is 0 Å². The molecule has 1 aliphatic rings. The summed E-state index contributed by atoms with van der Waals surface area (Å²) in [5.41, 5.74) is 2.55. The first kappa shape index (κ1) is 26.3. The molecule has 1 saturated carbocycles. The van der Waals surface area contributed by atoms with Gasteiger partial charge < -0.3 is 15.7 Å². The fourth-order valence-electron chi connectivity index (χ4n) is 5.02. The predicted molar refractivity (Wildman–Crippen MR) is 132 cm³/mol. The maximum absolute atomic E-state index is 13.7. The van der Waals surface area contributed by atoms with Gasteiger partial charge in [-0.25, -0.2) is 8.78 Å². The third-order valence-corrected chi connectivity index (χ3v) is 7.06. The van der Waals surface area contributed by atoms with Crippen LogP contribution in [0.1, 0.15) is 69.6 Å². The molecule has 3 N–H and O–H groups in total. The highest BCUT2D eigenvalue weighted by molar-refractivity contribution is 5.79. The van der Waals surface area contributed by atoms with E-state index in [9.17, 15) is 18.7 Å². The van der Waals surface area contributed by atoms with Crippen LogP contribution >= 0.6 is 0 Å². The molecule has 0 heterocycles. The van der Waals surface area contributed by atoms with Crippen molar-refractivity contribution in [3.8, 4) is 0 Å². The first-order valence-electron chi connectivity index (χ1n) is 12.2. The molecule has 0 aliphatic heterocycles. The average Bonchev–Trinajstić information content (AvgIpc) is 2.80. The van der Waals surface area contributed by atoms with Gasteiger partial charge in [0.2, 0.25) is 5.91 Å². The van der Waals surface area contributed by atoms with E-state index >= 15 is 0 Å². The molecule has 34 heavy (non-hydrogen) atoms. The molecule has 2 atom stereocenters. The Bertz CT molecular complexity index is 960. The first-order chi connectivity index (χ1) is 16.0. The lowest BCUT2D eigenvalue weighted by atomic mass is 9.74. The van der Waals surface area contributed by atoms with E-state index in [1.165, 1.54) is 36.7 Å². The van der Waals surface area contributed by atoms with Crippen LogP contribution in [0.5, 0.6) is 0 Å². The standard InChI is InChI=1S/C28H38F2N2O2/c1-27(2,3)20-9-8-10-21(16-20)28(11-6-5-7-12-28)32-18-25(33)24(26(34)31-4)15-19-13-22(29)17-23(30)14-19/h8-10,13-14,16-17,24-25,32-33H,5-7,11-12,15,18H2,1-4H3,(H,31,34). The van der Waals surface area contributed by atoms with Crippen molar-refractivity contribution in [1.82, 2.24) is 10.6 Å². The minimum absolute atomic E-state index is 0.0237. The molecule has 1 aliphatic carbocycles. The third-order valence-electron chi connectivity index (χ3n) is 7.06. The van der Waals surface area contributed by atoms with E-state index in [0.29, 0.717) is 5.56 Å². The van der Waals surface area contributed by atoms with Crippen molar-refractivity contribution in [2.45, 2.75) is 76.4 Å².